The third-order valence-corrected chi connectivity index (χ3v) is 4.15. The maximum absolute atomic E-state index is 5.47. The van der Waals surface area contributed by atoms with Gasteiger partial charge in [-0.1, -0.05) is 30.3 Å². The van der Waals surface area contributed by atoms with Crippen LogP contribution in [-0.2, 0) is 6.54 Å². The summed E-state index contributed by atoms with van der Waals surface area (Å²) in [7, 11) is 0. The highest BCUT2D eigenvalue weighted by Gasteiger charge is 2.29. The summed E-state index contributed by atoms with van der Waals surface area (Å²) in [4.78, 5) is 7.10. The number of nitrogens with one attached hydrogen (secondary N) is 1. The van der Waals surface area contributed by atoms with Gasteiger partial charge in [0.1, 0.15) is 11.6 Å². The van der Waals surface area contributed by atoms with Crippen molar-refractivity contribution in [2.75, 3.05) is 6.54 Å². The number of likely N-dealkylation sites (tertiary alicyclic amines) is 1. The summed E-state index contributed by atoms with van der Waals surface area (Å²) in [6.45, 7) is 1.88. The van der Waals surface area contributed by atoms with Crippen LogP contribution in [0.4, 0.5) is 0 Å². The van der Waals surface area contributed by atoms with E-state index in [9.17, 15) is 0 Å². The van der Waals surface area contributed by atoms with Crippen LogP contribution in [0.5, 0.6) is 0 Å². The Morgan fingerprint density at radius 3 is 2.91 bits per heavy atom. The summed E-state index contributed by atoms with van der Waals surface area (Å²) >= 11 is 0. The number of hydrogen-bond donors (Lipinski definition) is 1. The van der Waals surface area contributed by atoms with Crippen molar-refractivity contribution >= 4 is 0 Å². The van der Waals surface area contributed by atoms with E-state index >= 15 is 0 Å². The molecule has 5 heteroatoms. The van der Waals surface area contributed by atoms with Gasteiger partial charge in [-0.3, -0.25) is 10.00 Å². The molecule has 0 amide bonds. The monoisotopic (exact) mass is 294 g/mol. The topological polar surface area (TPSA) is 58.0 Å². The maximum Gasteiger partial charge on any atom is 0.181 e. The van der Waals surface area contributed by atoms with Crippen molar-refractivity contribution in [3.05, 3.63) is 60.3 Å². The molecule has 112 valence electrons. The highest BCUT2D eigenvalue weighted by atomic mass is 16.3. The molecule has 0 saturated carbocycles. The number of nitrogens with zero attached hydrogens (tertiary/aromatic N) is 3. The normalized spacial score (nSPS) is 18.8. The summed E-state index contributed by atoms with van der Waals surface area (Å²) in [6, 6.07) is 14.3. The summed E-state index contributed by atoms with van der Waals surface area (Å²) < 4.78 is 5.47. The molecule has 1 saturated heterocycles. The summed E-state index contributed by atoms with van der Waals surface area (Å²) in [5.74, 6) is 2.71. The molecule has 1 unspecified atom stereocenters. The van der Waals surface area contributed by atoms with Crippen LogP contribution in [0.2, 0.25) is 0 Å². The molecule has 1 fully saturated rings. The second-order valence-electron chi connectivity index (χ2n) is 5.62. The Balaban J connectivity index is 1.55. The van der Waals surface area contributed by atoms with Crippen molar-refractivity contribution in [1.29, 1.82) is 0 Å². The molecule has 3 heterocycles. The van der Waals surface area contributed by atoms with Crippen LogP contribution in [0.15, 0.2) is 53.1 Å². The molecule has 5 nitrogen and oxygen atoms in total. The third kappa shape index (κ3) is 2.55. The first-order valence-electron chi connectivity index (χ1n) is 7.64. The Morgan fingerprint density at radius 1 is 1.18 bits per heavy atom. The Labute approximate surface area is 129 Å². The van der Waals surface area contributed by atoms with E-state index in [4.69, 9.17) is 9.40 Å². The van der Waals surface area contributed by atoms with Gasteiger partial charge in [-0.05, 0) is 31.5 Å². The number of H-pyrrole nitrogens is 1. The number of aromatic amines is 1. The van der Waals surface area contributed by atoms with Gasteiger partial charge in [0, 0.05) is 5.56 Å². The lowest BCUT2D eigenvalue weighted by Crippen LogP contribution is -2.23. The zero-order chi connectivity index (χ0) is 14.8. The van der Waals surface area contributed by atoms with Gasteiger partial charge in [-0.2, -0.15) is 5.10 Å². The largest absolute Gasteiger partial charge is 0.468 e. The zero-order valence-corrected chi connectivity index (χ0v) is 12.3. The van der Waals surface area contributed by atoms with E-state index in [1.165, 1.54) is 6.42 Å². The minimum absolute atomic E-state index is 0.287. The molecule has 1 aliphatic rings. The highest BCUT2D eigenvalue weighted by Crippen LogP contribution is 2.32. The fraction of sp³-hybridized carbons (Fsp3) is 0.294. The molecular formula is C17H18N4O. The molecule has 0 spiro atoms. The quantitative estimate of drug-likeness (QED) is 0.801. The standard InChI is InChI=1S/C17H18N4O/c1-2-6-13(7-3-1)16-18-17(20-19-16)15-9-4-10-21(15)12-14-8-5-11-22-14/h1-3,5-8,11,15H,4,9-10,12H2,(H,18,19,20). The molecule has 0 radical (unpaired) electrons. The lowest BCUT2D eigenvalue weighted by Gasteiger charge is -2.21. The van der Waals surface area contributed by atoms with Crippen molar-refractivity contribution < 1.29 is 4.42 Å². The first kappa shape index (κ1) is 13.3. The van der Waals surface area contributed by atoms with Crippen molar-refractivity contribution in [3.63, 3.8) is 0 Å². The van der Waals surface area contributed by atoms with Gasteiger partial charge < -0.3 is 4.42 Å². The SMILES string of the molecule is c1ccc(-c2n[nH]c(C3CCCN3Cc3ccco3)n2)cc1. The molecule has 1 atom stereocenters. The number of furan rings is 1. The van der Waals surface area contributed by atoms with Crippen molar-refractivity contribution in [3.8, 4) is 11.4 Å². The smallest absolute Gasteiger partial charge is 0.181 e. The van der Waals surface area contributed by atoms with Crippen LogP contribution in [0.1, 0.15) is 30.5 Å². The summed E-state index contributed by atoms with van der Waals surface area (Å²) in [5, 5.41) is 7.50. The summed E-state index contributed by atoms with van der Waals surface area (Å²) in [6.07, 6.45) is 4.00. The average molecular weight is 294 g/mol. The minimum atomic E-state index is 0.287. The molecule has 0 bridgehead atoms. The summed E-state index contributed by atoms with van der Waals surface area (Å²) in [5.41, 5.74) is 1.04. The van der Waals surface area contributed by atoms with E-state index in [0.29, 0.717) is 0 Å². The molecule has 4 rings (SSSR count). The van der Waals surface area contributed by atoms with E-state index in [1.54, 1.807) is 6.26 Å². The van der Waals surface area contributed by atoms with Crippen LogP contribution >= 0.6 is 0 Å². The number of hydrogen-bond acceptors (Lipinski definition) is 4. The molecular weight excluding hydrogens is 276 g/mol. The van der Waals surface area contributed by atoms with Gasteiger partial charge in [0.25, 0.3) is 0 Å². The average Bonchev–Trinajstić information content (AvgIpc) is 3.30. The Hall–Kier alpha value is -2.40. The van der Waals surface area contributed by atoms with Gasteiger partial charge in [0.15, 0.2) is 5.82 Å². The molecule has 1 aromatic carbocycles. The molecule has 3 aromatic rings. The van der Waals surface area contributed by atoms with Gasteiger partial charge >= 0.3 is 0 Å². The van der Waals surface area contributed by atoms with Crippen LogP contribution < -0.4 is 0 Å². The van der Waals surface area contributed by atoms with Crippen molar-refractivity contribution in [2.45, 2.75) is 25.4 Å². The minimum Gasteiger partial charge on any atom is -0.468 e. The zero-order valence-electron chi connectivity index (χ0n) is 12.3. The Morgan fingerprint density at radius 2 is 2.09 bits per heavy atom. The Kier molecular flexibility index (Phi) is 3.48. The van der Waals surface area contributed by atoms with E-state index in [-0.39, 0.29) is 6.04 Å². The third-order valence-electron chi connectivity index (χ3n) is 4.15. The predicted molar refractivity (Wildman–Crippen MR) is 82.9 cm³/mol. The lowest BCUT2D eigenvalue weighted by atomic mass is 10.2. The van der Waals surface area contributed by atoms with Gasteiger partial charge in [0.2, 0.25) is 0 Å². The lowest BCUT2D eigenvalue weighted by molar-refractivity contribution is 0.221. The second-order valence-corrected chi connectivity index (χ2v) is 5.62. The maximum atomic E-state index is 5.47. The van der Waals surface area contributed by atoms with Gasteiger partial charge in [0.05, 0.1) is 18.8 Å². The number of aromatic nitrogens is 3. The van der Waals surface area contributed by atoms with Crippen LogP contribution in [0.3, 0.4) is 0 Å². The van der Waals surface area contributed by atoms with E-state index in [0.717, 1.165) is 42.5 Å². The van der Waals surface area contributed by atoms with E-state index < -0.39 is 0 Å². The highest BCUT2D eigenvalue weighted by molar-refractivity contribution is 5.53. The molecule has 22 heavy (non-hydrogen) atoms. The molecule has 1 N–H and O–H groups in total. The first-order chi connectivity index (χ1) is 10.9. The molecule has 1 aliphatic heterocycles. The second kappa shape index (κ2) is 5.77. The van der Waals surface area contributed by atoms with Crippen LogP contribution in [-0.4, -0.2) is 26.6 Å². The van der Waals surface area contributed by atoms with Gasteiger partial charge in [-0.15, -0.1) is 0 Å². The van der Waals surface area contributed by atoms with Crippen molar-refractivity contribution in [2.24, 2.45) is 0 Å². The number of benzene rings is 1. The van der Waals surface area contributed by atoms with Crippen LogP contribution in [0, 0.1) is 0 Å². The fourth-order valence-electron chi connectivity index (χ4n) is 3.07. The van der Waals surface area contributed by atoms with Gasteiger partial charge in [-0.25, -0.2) is 4.98 Å². The fourth-order valence-corrected chi connectivity index (χ4v) is 3.07. The van der Waals surface area contributed by atoms with E-state index in [2.05, 4.69) is 15.1 Å². The van der Waals surface area contributed by atoms with Crippen molar-refractivity contribution in [1.82, 2.24) is 20.1 Å². The molecule has 2 aromatic heterocycles. The number of rotatable bonds is 4. The van der Waals surface area contributed by atoms with E-state index in [1.807, 2.05) is 42.5 Å². The predicted octanol–water partition coefficient (Wildman–Crippen LogP) is 3.40. The first-order valence-corrected chi connectivity index (χ1v) is 7.64. The Bertz CT molecular complexity index is 720. The molecule has 0 aliphatic carbocycles. The van der Waals surface area contributed by atoms with Crippen LogP contribution in [0.25, 0.3) is 11.4 Å².